The van der Waals surface area contributed by atoms with E-state index in [2.05, 4.69) is 22.1 Å². The molecule has 10 heteroatoms. The zero-order valence-corrected chi connectivity index (χ0v) is 25.4. The number of nitrogens with zero attached hydrogens (tertiary/aromatic N) is 1. The zero-order valence-electron chi connectivity index (χ0n) is 25.4. The summed E-state index contributed by atoms with van der Waals surface area (Å²) in [4.78, 5) is 16.3. The van der Waals surface area contributed by atoms with Gasteiger partial charge < -0.3 is 15.3 Å². The van der Waals surface area contributed by atoms with Crippen LogP contribution >= 0.6 is 0 Å². The summed E-state index contributed by atoms with van der Waals surface area (Å²) in [5.74, 6) is 5.68. The first-order valence-corrected chi connectivity index (χ1v) is 15.4. The van der Waals surface area contributed by atoms with Crippen LogP contribution in [-0.4, -0.2) is 40.6 Å². The van der Waals surface area contributed by atoms with Gasteiger partial charge in [-0.1, -0.05) is 60.4 Å². The quantitative estimate of drug-likeness (QED) is 0.222. The van der Waals surface area contributed by atoms with E-state index in [0.29, 0.717) is 63.7 Å². The molecular weight excluding hydrogens is 606 g/mol. The third kappa shape index (κ3) is 7.59. The van der Waals surface area contributed by atoms with Gasteiger partial charge in [-0.05, 0) is 74.1 Å². The fourth-order valence-corrected chi connectivity index (χ4v) is 6.61. The Hall–Kier alpha value is -3.81. The van der Waals surface area contributed by atoms with Crippen molar-refractivity contribution in [1.82, 2.24) is 10.2 Å². The molecule has 0 radical (unpaired) electrons. The fourth-order valence-electron chi connectivity index (χ4n) is 6.61. The first-order valence-electron chi connectivity index (χ1n) is 15.4. The van der Waals surface area contributed by atoms with Crippen LogP contribution < -0.4 is 5.32 Å². The van der Waals surface area contributed by atoms with Crippen LogP contribution in [0.4, 0.5) is 26.3 Å². The van der Waals surface area contributed by atoms with Gasteiger partial charge in [0.2, 0.25) is 5.91 Å². The van der Waals surface area contributed by atoms with Gasteiger partial charge >= 0.3 is 12.4 Å². The van der Waals surface area contributed by atoms with Gasteiger partial charge in [0.25, 0.3) is 0 Å². The average molecular weight is 643 g/mol. The third-order valence-electron chi connectivity index (χ3n) is 9.38. The molecule has 1 aliphatic heterocycles. The maximum absolute atomic E-state index is 14.0. The molecule has 0 spiro atoms. The van der Waals surface area contributed by atoms with E-state index >= 15 is 0 Å². The molecule has 2 N–H and O–H groups in total. The predicted octanol–water partition coefficient (Wildman–Crippen LogP) is 7.66. The number of rotatable bonds is 5. The van der Waals surface area contributed by atoms with Crippen molar-refractivity contribution < 1.29 is 36.2 Å². The predicted molar refractivity (Wildman–Crippen MR) is 162 cm³/mol. The number of likely N-dealkylation sites (tertiary alicyclic amines) is 1. The highest BCUT2D eigenvalue weighted by Crippen LogP contribution is 2.43. The lowest BCUT2D eigenvalue weighted by Crippen LogP contribution is -2.53. The molecule has 5 rings (SSSR count). The molecule has 2 aliphatic rings. The number of benzene rings is 3. The maximum Gasteiger partial charge on any atom is 0.416 e. The third-order valence-corrected chi connectivity index (χ3v) is 9.38. The second-order valence-corrected chi connectivity index (χ2v) is 12.4. The monoisotopic (exact) mass is 642 g/mol. The number of halogens is 6. The summed E-state index contributed by atoms with van der Waals surface area (Å²) < 4.78 is 81.0. The van der Waals surface area contributed by atoms with E-state index in [-0.39, 0.29) is 17.7 Å². The molecule has 1 amide bonds. The summed E-state index contributed by atoms with van der Waals surface area (Å²) in [6.07, 6.45) is -6.77. The van der Waals surface area contributed by atoms with Crippen molar-refractivity contribution in [3.8, 4) is 11.8 Å². The Morgan fingerprint density at radius 2 is 1.37 bits per heavy atom. The van der Waals surface area contributed by atoms with Crippen molar-refractivity contribution >= 4 is 5.91 Å². The Balaban J connectivity index is 1.30. The Labute approximate surface area is 264 Å². The number of aliphatic hydroxyl groups is 1. The number of piperidine rings is 1. The molecule has 1 heterocycles. The number of amides is 1. The van der Waals surface area contributed by atoms with E-state index in [1.807, 2.05) is 60.7 Å². The van der Waals surface area contributed by atoms with Crippen LogP contribution in [0.2, 0.25) is 0 Å². The van der Waals surface area contributed by atoms with Gasteiger partial charge in [-0.15, -0.1) is 0 Å². The van der Waals surface area contributed by atoms with Crippen LogP contribution in [-0.2, 0) is 22.6 Å². The van der Waals surface area contributed by atoms with Crippen molar-refractivity contribution in [1.29, 1.82) is 0 Å². The molecule has 46 heavy (non-hydrogen) atoms. The van der Waals surface area contributed by atoms with Gasteiger partial charge in [-0.2, -0.15) is 26.3 Å². The first kappa shape index (κ1) is 33.6. The van der Waals surface area contributed by atoms with Crippen LogP contribution in [0.3, 0.4) is 0 Å². The number of nitrogens with one attached hydrogen (secondary N) is 1. The topological polar surface area (TPSA) is 52.6 Å². The number of carbonyl (C=O) groups is 1. The van der Waals surface area contributed by atoms with Crippen molar-refractivity contribution in [2.45, 2.75) is 80.9 Å². The number of alkyl halides is 6. The molecule has 2 fully saturated rings. The highest BCUT2D eigenvalue weighted by atomic mass is 19.4. The van der Waals surface area contributed by atoms with Crippen LogP contribution in [0, 0.1) is 11.8 Å². The van der Waals surface area contributed by atoms with E-state index in [1.54, 1.807) is 0 Å². The largest absolute Gasteiger partial charge is 0.416 e. The molecule has 244 valence electrons. The second kappa shape index (κ2) is 13.1. The molecule has 1 saturated heterocycles. The van der Waals surface area contributed by atoms with Gasteiger partial charge in [0.15, 0.2) is 0 Å². The van der Waals surface area contributed by atoms with E-state index in [4.69, 9.17) is 0 Å². The van der Waals surface area contributed by atoms with E-state index in [9.17, 15) is 36.2 Å². The van der Waals surface area contributed by atoms with Crippen LogP contribution in [0.1, 0.15) is 79.3 Å². The summed E-state index contributed by atoms with van der Waals surface area (Å²) in [6.45, 7) is 2.68. The molecule has 4 nitrogen and oxygen atoms in total. The minimum atomic E-state index is -4.98. The molecule has 1 aliphatic carbocycles. The van der Waals surface area contributed by atoms with Crippen LogP contribution in [0.15, 0.2) is 78.9 Å². The van der Waals surface area contributed by atoms with E-state index < -0.39 is 46.4 Å². The molecule has 1 atom stereocenters. The van der Waals surface area contributed by atoms with Gasteiger partial charge in [0.1, 0.15) is 5.60 Å². The van der Waals surface area contributed by atoms with Crippen molar-refractivity contribution in [3.05, 3.63) is 107 Å². The number of hydrogen-bond donors (Lipinski definition) is 2. The Morgan fingerprint density at radius 1 is 0.848 bits per heavy atom. The van der Waals surface area contributed by atoms with E-state index in [0.717, 1.165) is 11.1 Å². The summed E-state index contributed by atoms with van der Waals surface area (Å²) in [5, 5.41) is 13.8. The standard InChI is InChI=1S/C36H36F6N2O2/c1-25(27-22-29(35(37,38)39)24-30(23-27)36(40,41)42)43-32(45)34(28-10-6-3-7-11-28)16-13-31(14-17-34)44-20-18-33(46,19-21-44)15-12-26-8-4-2-5-9-26/h2-11,22-25,31,46H,13-14,16-21H2,1H3,(H,43,45)/t25?,31-,34-. The van der Waals surface area contributed by atoms with Crippen molar-refractivity contribution in [3.63, 3.8) is 0 Å². The number of hydrogen-bond acceptors (Lipinski definition) is 3. The highest BCUT2D eigenvalue weighted by molar-refractivity contribution is 5.88. The summed E-state index contributed by atoms with van der Waals surface area (Å²) in [5.41, 5.74) is -3.61. The molecule has 1 saturated carbocycles. The van der Waals surface area contributed by atoms with E-state index in [1.165, 1.54) is 6.92 Å². The Bertz CT molecular complexity index is 1530. The SMILES string of the molecule is CC(NC(=O)[C@]1(c2ccccc2)CC[C@@H](N2CCC(O)(C#Cc3ccccc3)CC2)CC1)c1cc(C(F)(F)F)cc(C(F)(F)F)c1. The van der Waals surface area contributed by atoms with Crippen LogP contribution in [0.5, 0.6) is 0 Å². The lowest BCUT2D eigenvalue weighted by atomic mass is 9.67. The fraction of sp³-hybridized carbons (Fsp3) is 0.417. The Morgan fingerprint density at radius 3 is 1.89 bits per heavy atom. The smallest absolute Gasteiger partial charge is 0.377 e. The first-order chi connectivity index (χ1) is 21.7. The normalized spacial score (nSPS) is 22.7. The molecule has 1 unspecified atom stereocenters. The second-order valence-electron chi connectivity index (χ2n) is 12.4. The minimum Gasteiger partial charge on any atom is -0.377 e. The van der Waals surface area contributed by atoms with Crippen molar-refractivity contribution in [2.75, 3.05) is 13.1 Å². The molecule has 3 aromatic carbocycles. The summed E-state index contributed by atoms with van der Waals surface area (Å²) in [6, 6.07) is 19.0. The minimum absolute atomic E-state index is 0.0854. The average Bonchev–Trinajstić information content (AvgIpc) is 3.04. The van der Waals surface area contributed by atoms with Crippen LogP contribution in [0.25, 0.3) is 0 Å². The lowest BCUT2D eigenvalue weighted by molar-refractivity contribution is -0.143. The molecule has 0 aromatic heterocycles. The van der Waals surface area contributed by atoms with Crippen molar-refractivity contribution in [2.24, 2.45) is 0 Å². The zero-order chi connectivity index (χ0) is 33.2. The Kier molecular flexibility index (Phi) is 9.57. The highest BCUT2D eigenvalue weighted by Gasteiger charge is 2.46. The maximum atomic E-state index is 14.0. The van der Waals surface area contributed by atoms with Gasteiger partial charge in [-0.25, -0.2) is 0 Å². The summed E-state index contributed by atoms with van der Waals surface area (Å²) >= 11 is 0. The summed E-state index contributed by atoms with van der Waals surface area (Å²) in [7, 11) is 0. The lowest BCUT2D eigenvalue weighted by Gasteiger charge is -2.46. The van der Waals surface area contributed by atoms with Gasteiger partial charge in [0, 0.05) is 37.5 Å². The van der Waals surface area contributed by atoms with Gasteiger partial charge in [0.05, 0.1) is 22.6 Å². The number of carbonyl (C=O) groups excluding carboxylic acids is 1. The molecule has 0 bridgehead atoms. The molecular formula is C36H36F6N2O2. The van der Waals surface area contributed by atoms with Gasteiger partial charge in [-0.3, -0.25) is 4.79 Å². The molecule has 3 aromatic rings.